The molecule has 2 rings (SSSR count). The molecule has 0 spiro atoms. The number of carbonyl (C=O) groups excluding carboxylic acids is 11. The summed E-state index contributed by atoms with van der Waals surface area (Å²) in [5, 5.41) is 76.2. The summed E-state index contributed by atoms with van der Waals surface area (Å²) in [6.45, 7) is 8.93. The first-order valence-corrected chi connectivity index (χ1v) is 30.7. The maximum atomic E-state index is 14.2. The SMILES string of the molecule is CC(C)C[C@H](NC(=O)[C@H](C)NC(=O)[C@@H](NC(=O)[C@@H](NC(=O)[C@H](C)NC(=O)[C@H](CO)NC(=O)[C@H](CCCCN)NC(=O)[C@H](CCC(=O)O)NC(=O)[C@@H](N)CCC(=O)O)C(C)C)[C@@H](C)O)C(=O)N[C@@H](Cc1c[nH]c2ccccc12)C(=O)NCC(=O)N[C@@H](CCCCN)C(=O)O. The van der Waals surface area contributed by atoms with Gasteiger partial charge in [0.1, 0.15) is 60.4 Å². The lowest BCUT2D eigenvalue weighted by atomic mass is 10.0. The van der Waals surface area contributed by atoms with Gasteiger partial charge in [-0.25, -0.2) is 4.79 Å². The van der Waals surface area contributed by atoms with Gasteiger partial charge in [0.25, 0.3) is 0 Å². The van der Waals surface area contributed by atoms with Crippen molar-refractivity contribution < 1.29 is 92.7 Å². The number of hydrogen-bond donors (Lipinski definition) is 20. The fourth-order valence-corrected chi connectivity index (χ4v) is 9.22. The summed E-state index contributed by atoms with van der Waals surface area (Å²) in [4.78, 5) is 187. The van der Waals surface area contributed by atoms with Gasteiger partial charge in [-0.15, -0.1) is 0 Å². The Morgan fingerprint density at radius 3 is 1.52 bits per heavy atom. The molecule has 0 saturated carbocycles. The number of rotatable bonds is 44. The zero-order valence-electron chi connectivity index (χ0n) is 53.5. The van der Waals surface area contributed by atoms with Gasteiger partial charge in [0.05, 0.1) is 25.3 Å². The van der Waals surface area contributed by atoms with Crippen LogP contribution in [0.15, 0.2) is 30.5 Å². The molecule has 2 aromatic rings. The maximum absolute atomic E-state index is 14.2. The lowest BCUT2D eigenvalue weighted by Crippen LogP contribution is -2.62. The fourth-order valence-electron chi connectivity index (χ4n) is 9.22. The van der Waals surface area contributed by atoms with Gasteiger partial charge >= 0.3 is 17.9 Å². The number of fused-ring (bicyclic) bond motifs is 1. The van der Waals surface area contributed by atoms with Gasteiger partial charge in [-0.1, -0.05) is 45.9 Å². The van der Waals surface area contributed by atoms with E-state index in [-0.39, 0.29) is 51.0 Å². The summed E-state index contributed by atoms with van der Waals surface area (Å²) in [6, 6.07) is -9.19. The summed E-state index contributed by atoms with van der Waals surface area (Å²) in [6.07, 6.45) is -0.503. The van der Waals surface area contributed by atoms with E-state index >= 15 is 0 Å². The minimum absolute atomic E-state index is 0.0129. The third-order valence-corrected chi connectivity index (χ3v) is 14.6. The van der Waals surface area contributed by atoms with E-state index in [1.54, 1.807) is 44.3 Å². The lowest BCUT2D eigenvalue weighted by Gasteiger charge is -2.29. The number of carbonyl (C=O) groups is 14. The van der Waals surface area contributed by atoms with Gasteiger partial charge in [-0.05, 0) is 115 Å². The van der Waals surface area contributed by atoms with Crippen molar-refractivity contribution in [2.75, 3.05) is 26.2 Å². The molecule has 34 heteroatoms. The van der Waals surface area contributed by atoms with E-state index in [0.29, 0.717) is 31.4 Å². The number of aliphatic carboxylic acids is 3. The van der Waals surface area contributed by atoms with Crippen molar-refractivity contribution in [3.8, 4) is 0 Å². The molecule has 12 atom stereocenters. The lowest BCUT2D eigenvalue weighted by molar-refractivity contribution is -0.142. The minimum atomic E-state index is -1.77. The number of H-pyrrole nitrogens is 1. The fraction of sp³-hybridized carbons (Fsp3) is 0.627. The van der Waals surface area contributed by atoms with E-state index in [9.17, 15) is 87.5 Å². The van der Waals surface area contributed by atoms with Crippen LogP contribution in [0.2, 0.25) is 0 Å². The number of hydrogen-bond acceptors (Lipinski definition) is 19. The van der Waals surface area contributed by atoms with Gasteiger partial charge in [0, 0.05) is 36.4 Å². The predicted octanol–water partition coefficient (Wildman–Crippen LogP) is -4.81. The molecular formula is C59H95N15O19. The predicted molar refractivity (Wildman–Crippen MR) is 334 cm³/mol. The van der Waals surface area contributed by atoms with Crippen molar-refractivity contribution >= 4 is 93.8 Å². The largest absolute Gasteiger partial charge is 0.481 e. The van der Waals surface area contributed by atoms with E-state index in [1.165, 1.54) is 27.7 Å². The topological polar surface area (TPSA) is 566 Å². The molecule has 1 heterocycles. The molecule has 0 saturated heterocycles. The number of aliphatic hydroxyl groups excluding tert-OH is 2. The second-order valence-electron chi connectivity index (χ2n) is 23.3. The Balaban J connectivity index is 2.22. The average Bonchev–Trinajstić information content (AvgIpc) is 1.76. The molecule has 0 radical (unpaired) electrons. The van der Waals surface area contributed by atoms with Crippen LogP contribution in [0.4, 0.5) is 0 Å². The van der Waals surface area contributed by atoms with Crippen LogP contribution in [0.3, 0.4) is 0 Å². The van der Waals surface area contributed by atoms with Crippen LogP contribution in [0.5, 0.6) is 0 Å². The highest BCUT2D eigenvalue weighted by atomic mass is 16.4. The van der Waals surface area contributed by atoms with E-state index in [4.69, 9.17) is 22.3 Å². The number of unbranched alkanes of at least 4 members (excludes halogenated alkanes) is 2. The number of nitrogens with one attached hydrogen (secondary N) is 12. The van der Waals surface area contributed by atoms with Crippen LogP contribution in [0.1, 0.15) is 125 Å². The molecule has 1 aromatic carbocycles. The zero-order valence-corrected chi connectivity index (χ0v) is 53.5. The Bertz CT molecular complexity index is 2890. The normalized spacial score (nSPS) is 15.1. The molecular weight excluding hydrogens is 1220 g/mol. The summed E-state index contributed by atoms with van der Waals surface area (Å²) < 4.78 is 0. The number of aromatic amines is 1. The molecule has 0 bridgehead atoms. The van der Waals surface area contributed by atoms with Crippen LogP contribution in [-0.2, 0) is 73.5 Å². The molecule has 0 aliphatic rings. The Hall–Kier alpha value is -8.86. The molecule has 0 aliphatic carbocycles. The minimum Gasteiger partial charge on any atom is -0.481 e. The Morgan fingerprint density at radius 2 is 0.968 bits per heavy atom. The quantitative estimate of drug-likeness (QED) is 0.0277. The van der Waals surface area contributed by atoms with E-state index in [1.807, 2.05) is 0 Å². The number of aliphatic hydroxyl groups is 2. The highest BCUT2D eigenvalue weighted by molar-refractivity contribution is 5.99. The molecule has 1 aromatic heterocycles. The van der Waals surface area contributed by atoms with Crippen LogP contribution in [0.25, 0.3) is 10.9 Å². The Morgan fingerprint density at radius 1 is 0.495 bits per heavy atom. The summed E-state index contributed by atoms with van der Waals surface area (Å²) in [7, 11) is 0. The third kappa shape index (κ3) is 28.7. The van der Waals surface area contributed by atoms with E-state index in [0.717, 1.165) is 17.8 Å². The van der Waals surface area contributed by atoms with Crippen molar-refractivity contribution in [2.45, 2.75) is 198 Å². The van der Waals surface area contributed by atoms with Crippen molar-refractivity contribution in [2.24, 2.45) is 29.0 Å². The summed E-state index contributed by atoms with van der Waals surface area (Å²) in [5.41, 5.74) is 18.2. The van der Waals surface area contributed by atoms with Crippen molar-refractivity contribution in [3.05, 3.63) is 36.0 Å². The smallest absolute Gasteiger partial charge is 0.326 e. The first kappa shape index (κ1) is 80.2. The number of benzene rings is 1. The monoisotopic (exact) mass is 1320 g/mol. The average molecular weight is 1320 g/mol. The molecule has 11 amide bonds. The number of amides is 11. The van der Waals surface area contributed by atoms with Crippen LogP contribution in [0, 0.1) is 11.8 Å². The van der Waals surface area contributed by atoms with Gasteiger partial charge in [-0.2, -0.15) is 0 Å². The first-order valence-electron chi connectivity index (χ1n) is 30.7. The third-order valence-electron chi connectivity index (χ3n) is 14.6. The summed E-state index contributed by atoms with van der Waals surface area (Å²) >= 11 is 0. The van der Waals surface area contributed by atoms with Gasteiger partial charge in [0.15, 0.2) is 0 Å². The van der Waals surface area contributed by atoms with Gasteiger partial charge in [0.2, 0.25) is 65.0 Å². The molecule has 34 nitrogen and oxygen atoms in total. The van der Waals surface area contributed by atoms with Crippen LogP contribution in [-0.4, -0.2) is 212 Å². The maximum Gasteiger partial charge on any atom is 0.326 e. The number of carboxylic acids is 3. The van der Waals surface area contributed by atoms with Crippen molar-refractivity contribution in [1.82, 2.24) is 63.5 Å². The molecule has 0 fully saturated rings. The summed E-state index contributed by atoms with van der Waals surface area (Å²) in [5.74, 6) is -15.5. The molecule has 23 N–H and O–H groups in total. The second-order valence-corrected chi connectivity index (χ2v) is 23.3. The van der Waals surface area contributed by atoms with Crippen molar-refractivity contribution in [1.29, 1.82) is 0 Å². The Labute approximate surface area is 537 Å². The van der Waals surface area contributed by atoms with E-state index in [2.05, 4.69) is 63.5 Å². The molecule has 0 unspecified atom stereocenters. The molecule has 520 valence electrons. The Kier molecular flexibility index (Phi) is 35.3. The molecule has 93 heavy (non-hydrogen) atoms. The van der Waals surface area contributed by atoms with E-state index < -0.39 is 194 Å². The highest BCUT2D eigenvalue weighted by Crippen LogP contribution is 2.20. The van der Waals surface area contributed by atoms with Gasteiger partial charge in [-0.3, -0.25) is 62.3 Å². The zero-order chi connectivity index (χ0) is 70.2. The number of para-hydroxylation sites is 1. The van der Waals surface area contributed by atoms with Crippen LogP contribution < -0.4 is 75.7 Å². The number of aromatic nitrogens is 1. The molecule has 0 aliphatic heterocycles. The van der Waals surface area contributed by atoms with Crippen LogP contribution >= 0.6 is 0 Å². The number of carboxylic acid groups (broad SMARTS) is 3. The van der Waals surface area contributed by atoms with Gasteiger partial charge < -0.3 is 106 Å². The van der Waals surface area contributed by atoms with Crippen molar-refractivity contribution in [3.63, 3.8) is 0 Å². The number of nitrogens with two attached hydrogens (primary N) is 3. The highest BCUT2D eigenvalue weighted by Gasteiger charge is 2.37. The standard InChI is InChI=1S/C59H95N15O19/c1-29(2)24-41(55(88)71-42(25-34-26-63-37-15-9-8-14-35(34)37)52(85)64-27-44(77)67-40(59(92)93)17-11-13-23-61)70-49(82)31(5)66-58(91)48(33(7)76)74-57(90)47(30(3)4)73-50(83)32(6)65-56(89)43(28-75)72-53(86)38(16-10-12-22-60)69-54(87)39(19-21-46(80)81)68-51(84)36(62)18-20-45(78)79/h8-9,14-15,26,29-33,36,38-43,47-48,63,75-76H,10-13,16-25,27-28,60-62H2,1-7H3,(H,64,85)(H,65,89)(H,66,91)(H,67,77)(H,68,84)(H,69,87)(H,70,82)(H,71,88)(H,72,86)(H,73,83)(H,74,90)(H,78,79)(H,80,81)(H,92,93)/t31-,32-,33+,36-,38-,39-,40-,41-,42-,43-,47-,48-/m0/s1. The first-order chi connectivity index (χ1) is 43.7. The second kappa shape index (κ2) is 40.9.